The van der Waals surface area contributed by atoms with Gasteiger partial charge in [0.15, 0.2) is 11.6 Å². The standard InChI is InChI=1S/C18H26FN3O4S/c19-15-6-1-2-7-17(15)26-11-5-8-20-18(23)16-12-14(13-21-16)27(24,25)22-9-3-4-10-22/h1-2,6-7,14,16,21H,3-5,8-13H2,(H,20,23). The van der Waals surface area contributed by atoms with E-state index in [2.05, 4.69) is 10.6 Å². The number of carbonyl (C=O) groups excluding carboxylic acids is 1. The summed E-state index contributed by atoms with van der Waals surface area (Å²) in [6.45, 7) is 2.13. The highest BCUT2D eigenvalue weighted by Crippen LogP contribution is 2.22. The van der Waals surface area contributed by atoms with Gasteiger partial charge in [0, 0.05) is 26.2 Å². The normalized spacial score (nSPS) is 23.4. The number of sulfonamides is 1. The van der Waals surface area contributed by atoms with Gasteiger partial charge in [0.05, 0.1) is 17.9 Å². The van der Waals surface area contributed by atoms with Crippen LogP contribution in [0.15, 0.2) is 24.3 Å². The fourth-order valence-electron chi connectivity index (χ4n) is 3.43. The molecule has 0 aromatic heterocycles. The number of rotatable bonds is 8. The summed E-state index contributed by atoms with van der Waals surface area (Å²) < 4.78 is 45.4. The van der Waals surface area contributed by atoms with Crippen LogP contribution in [0.25, 0.3) is 0 Å². The first-order valence-corrected chi connectivity index (χ1v) is 10.9. The largest absolute Gasteiger partial charge is 0.490 e. The van der Waals surface area contributed by atoms with Crippen molar-refractivity contribution in [3.8, 4) is 5.75 Å². The molecule has 2 unspecified atom stereocenters. The number of amides is 1. The van der Waals surface area contributed by atoms with E-state index in [0.717, 1.165) is 12.8 Å². The summed E-state index contributed by atoms with van der Waals surface area (Å²) in [4.78, 5) is 12.2. The Kier molecular flexibility index (Phi) is 6.67. The molecule has 0 bridgehead atoms. The lowest BCUT2D eigenvalue weighted by Gasteiger charge is -2.20. The molecular formula is C18H26FN3O4S. The number of nitrogens with zero attached hydrogens (tertiary/aromatic N) is 1. The van der Waals surface area contributed by atoms with Crippen molar-refractivity contribution in [2.24, 2.45) is 0 Å². The van der Waals surface area contributed by atoms with E-state index in [4.69, 9.17) is 4.74 Å². The molecule has 2 fully saturated rings. The van der Waals surface area contributed by atoms with Gasteiger partial charge in [-0.15, -0.1) is 0 Å². The summed E-state index contributed by atoms with van der Waals surface area (Å²) in [5, 5.41) is 5.25. The van der Waals surface area contributed by atoms with E-state index in [1.54, 1.807) is 22.5 Å². The van der Waals surface area contributed by atoms with Crippen LogP contribution in [0.3, 0.4) is 0 Å². The van der Waals surface area contributed by atoms with Crippen molar-refractivity contribution >= 4 is 15.9 Å². The highest BCUT2D eigenvalue weighted by atomic mass is 32.2. The van der Waals surface area contributed by atoms with Crippen molar-refractivity contribution < 1.29 is 22.3 Å². The number of hydrogen-bond donors (Lipinski definition) is 2. The average molecular weight is 399 g/mol. The molecule has 2 aliphatic heterocycles. The molecule has 3 rings (SSSR count). The molecule has 2 heterocycles. The number of para-hydroxylation sites is 1. The number of halogens is 1. The van der Waals surface area contributed by atoms with E-state index in [0.29, 0.717) is 32.6 Å². The maximum Gasteiger partial charge on any atom is 0.237 e. The minimum Gasteiger partial charge on any atom is -0.490 e. The number of benzene rings is 1. The van der Waals surface area contributed by atoms with Crippen LogP contribution in [0.4, 0.5) is 4.39 Å². The fraction of sp³-hybridized carbons (Fsp3) is 0.611. The summed E-state index contributed by atoms with van der Waals surface area (Å²) in [6.07, 6.45) is 2.62. The number of nitrogens with one attached hydrogen (secondary N) is 2. The minimum absolute atomic E-state index is 0.191. The third-order valence-corrected chi connectivity index (χ3v) is 7.25. The molecule has 7 nitrogen and oxygen atoms in total. The minimum atomic E-state index is -3.33. The van der Waals surface area contributed by atoms with Crippen LogP contribution in [-0.2, 0) is 14.8 Å². The Hall–Kier alpha value is -1.71. The summed E-state index contributed by atoms with van der Waals surface area (Å²) in [5.74, 6) is -0.432. The van der Waals surface area contributed by atoms with Gasteiger partial charge in [-0.2, -0.15) is 0 Å². The lowest BCUT2D eigenvalue weighted by Crippen LogP contribution is -2.41. The molecule has 2 aliphatic rings. The first-order chi connectivity index (χ1) is 13.0. The molecule has 0 spiro atoms. The fourth-order valence-corrected chi connectivity index (χ4v) is 5.37. The van der Waals surface area contributed by atoms with Crippen molar-refractivity contribution in [2.45, 2.75) is 37.0 Å². The van der Waals surface area contributed by atoms with Gasteiger partial charge in [0.1, 0.15) is 0 Å². The average Bonchev–Trinajstić information content (AvgIpc) is 3.35. The molecule has 1 aromatic carbocycles. The van der Waals surface area contributed by atoms with Crippen LogP contribution in [0.2, 0.25) is 0 Å². The topological polar surface area (TPSA) is 87.7 Å². The highest BCUT2D eigenvalue weighted by Gasteiger charge is 2.40. The number of hydrogen-bond acceptors (Lipinski definition) is 5. The Bertz CT molecular complexity index is 753. The van der Waals surface area contributed by atoms with Crippen LogP contribution >= 0.6 is 0 Å². The van der Waals surface area contributed by atoms with Gasteiger partial charge in [0.2, 0.25) is 15.9 Å². The van der Waals surface area contributed by atoms with E-state index in [-0.39, 0.29) is 24.7 Å². The SMILES string of the molecule is O=C(NCCCOc1ccccc1F)C1CC(S(=O)(=O)N2CCCC2)CN1. The lowest BCUT2D eigenvalue weighted by molar-refractivity contribution is -0.122. The Morgan fingerprint density at radius 3 is 2.78 bits per heavy atom. The lowest BCUT2D eigenvalue weighted by atomic mass is 10.2. The van der Waals surface area contributed by atoms with Crippen LogP contribution < -0.4 is 15.4 Å². The monoisotopic (exact) mass is 399 g/mol. The molecular weight excluding hydrogens is 373 g/mol. The van der Waals surface area contributed by atoms with Gasteiger partial charge >= 0.3 is 0 Å². The Labute approximate surface area is 159 Å². The number of carbonyl (C=O) groups is 1. The Balaban J connectivity index is 1.37. The molecule has 9 heteroatoms. The van der Waals surface area contributed by atoms with Crippen molar-refractivity contribution in [2.75, 3.05) is 32.8 Å². The Morgan fingerprint density at radius 2 is 2.04 bits per heavy atom. The predicted molar refractivity (Wildman–Crippen MR) is 99.4 cm³/mol. The second kappa shape index (κ2) is 8.99. The summed E-state index contributed by atoms with van der Waals surface area (Å²) in [7, 11) is -3.33. The van der Waals surface area contributed by atoms with Gasteiger partial charge in [-0.05, 0) is 37.8 Å². The molecule has 27 heavy (non-hydrogen) atoms. The zero-order valence-corrected chi connectivity index (χ0v) is 16.0. The zero-order chi connectivity index (χ0) is 19.3. The second-order valence-corrected chi connectivity index (χ2v) is 9.11. The van der Waals surface area contributed by atoms with Crippen molar-refractivity contribution in [1.29, 1.82) is 0 Å². The molecule has 2 N–H and O–H groups in total. The van der Waals surface area contributed by atoms with Crippen LogP contribution in [0.1, 0.15) is 25.7 Å². The van der Waals surface area contributed by atoms with Crippen molar-refractivity contribution in [1.82, 2.24) is 14.9 Å². The van der Waals surface area contributed by atoms with Crippen LogP contribution in [0.5, 0.6) is 5.75 Å². The third-order valence-electron chi connectivity index (χ3n) is 4.97. The van der Waals surface area contributed by atoms with E-state index < -0.39 is 27.1 Å². The molecule has 1 aromatic rings. The molecule has 0 saturated carbocycles. The van der Waals surface area contributed by atoms with Gasteiger partial charge < -0.3 is 15.4 Å². The maximum atomic E-state index is 13.4. The molecule has 0 aliphatic carbocycles. The van der Waals surface area contributed by atoms with E-state index >= 15 is 0 Å². The second-order valence-electron chi connectivity index (χ2n) is 6.89. The molecule has 0 radical (unpaired) electrons. The van der Waals surface area contributed by atoms with Crippen LogP contribution in [0, 0.1) is 5.82 Å². The summed E-state index contributed by atoms with van der Waals surface area (Å²) in [6, 6.07) is 5.67. The summed E-state index contributed by atoms with van der Waals surface area (Å²) in [5.41, 5.74) is 0. The zero-order valence-electron chi connectivity index (χ0n) is 15.2. The van der Waals surface area contributed by atoms with Crippen LogP contribution in [-0.4, -0.2) is 62.7 Å². The summed E-state index contributed by atoms with van der Waals surface area (Å²) >= 11 is 0. The van der Waals surface area contributed by atoms with Crippen molar-refractivity contribution in [3.05, 3.63) is 30.1 Å². The maximum absolute atomic E-state index is 13.4. The van der Waals surface area contributed by atoms with E-state index in [9.17, 15) is 17.6 Å². The molecule has 2 atom stereocenters. The first kappa shape index (κ1) is 20.0. The van der Waals surface area contributed by atoms with E-state index in [1.165, 1.54) is 6.07 Å². The third kappa shape index (κ3) is 4.97. The highest BCUT2D eigenvalue weighted by molar-refractivity contribution is 7.89. The van der Waals surface area contributed by atoms with E-state index in [1.807, 2.05) is 0 Å². The number of ether oxygens (including phenoxy) is 1. The van der Waals surface area contributed by atoms with Gasteiger partial charge in [-0.1, -0.05) is 12.1 Å². The van der Waals surface area contributed by atoms with Crippen molar-refractivity contribution in [3.63, 3.8) is 0 Å². The molecule has 2 saturated heterocycles. The molecule has 1 amide bonds. The first-order valence-electron chi connectivity index (χ1n) is 9.36. The smallest absolute Gasteiger partial charge is 0.237 e. The predicted octanol–water partition coefficient (Wildman–Crippen LogP) is 0.867. The van der Waals surface area contributed by atoms with Gasteiger partial charge in [-0.25, -0.2) is 17.1 Å². The quantitative estimate of drug-likeness (QED) is 0.634. The molecule has 150 valence electrons. The van der Waals surface area contributed by atoms with Gasteiger partial charge in [0.25, 0.3) is 0 Å². The van der Waals surface area contributed by atoms with Gasteiger partial charge in [-0.3, -0.25) is 4.79 Å². The Morgan fingerprint density at radius 1 is 1.30 bits per heavy atom.